The molecule has 0 bridgehead atoms. The third-order valence-electron chi connectivity index (χ3n) is 3.37. The number of esters is 1. The molecule has 0 atom stereocenters. The van der Waals surface area contributed by atoms with Gasteiger partial charge in [0.1, 0.15) is 5.75 Å². The Bertz CT molecular complexity index is 727. The fourth-order valence-electron chi connectivity index (χ4n) is 2.02. The van der Waals surface area contributed by atoms with Crippen molar-refractivity contribution >= 4 is 11.9 Å². The lowest BCUT2D eigenvalue weighted by Crippen LogP contribution is -2.30. The molecule has 25 heavy (non-hydrogen) atoms. The van der Waals surface area contributed by atoms with Gasteiger partial charge in [0, 0.05) is 19.2 Å². The molecular weight excluding hydrogens is 336 g/mol. The van der Waals surface area contributed by atoms with Crippen molar-refractivity contribution in [3.05, 3.63) is 53.5 Å². The highest BCUT2D eigenvalue weighted by atomic mass is 19.3. The molecular formula is C17H17F2NO5. The summed E-state index contributed by atoms with van der Waals surface area (Å²) in [6.07, 6.45) is 1.36. The zero-order valence-electron chi connectivity index (χ0n) is 13.7. The SMILES string of the molecule is Cc1ccoc1C(=O)OCC(=O)N(C)Cc1ccc(OC(F)F)cc1. The zero-order valence-corrected chi connectivity index (χ0v) is 13.7. The highest BCUT2D eigenvalue weighted by molar-refractivity contribution is 5.90. The van der Waals surface area contributed by atoms with Crippen LogP contribution < -0.4 is 4.74 Å². The number of amides is 1. The predicted molar refractivity (Wildman–Crippen MR) is 83.3 cm³/mol. The molecule has 1 heterocycles. The van der Waals surface area contributed by atoms with Crippen molar-refractivity contribution in [2.24, 2.45) is 0 Å². The van der Waals surface area contributed by atoms with Gasteiger partial charge in [0.25, 0.3) is 5.91 Å². The second kappa shape index (κ2) is 8.27. The summed E-state index contributed by atoms with van der Waals surface area (Å²) >= 11 is 0. The average molecular weight is 353 g/mol. The molecule has 0 spiro atoms. The Hall–Kier alpha value is -2.90. The van der Waals surface area contributed by atoms with E-state index in [0.717, 1.165) is 0 Å². The topological polar surface area (TPSA) is 69.0 Å². The number of benzene rings is 1. The molecule has 2 rings (SSSR count). The maximum atomic E-state index is 12.1. The molecule has 134 valence electrons. The van der Waals surface area contributed by atoms with Crippen molar-refractivity contribution in [2.45, 2.75) is 20.1 Å². The first-order valence-corrected chi connectivity index (χ1v) is 7.35. The Morgan fingerprint density at radius 1 is 1.20 bits per heavy atom. The zero-order chi connectivity index (χ0) is 18.4. The van der Waals surface area contributed by atoms with Gasteiger partial charge in [-0.15, -0.1) is 0 Å². The molecule has 0 saturated carbocycles. The molecule has 0 aliphatic carbocycles. The molecule has 0 saturated heterocycles. The maximum absolute atomic E-state index is 12.1. The van der Waals surface area contributed by atoms with E-state index in [9.17, 15) is 18.4 Å². The van der Waals surface area contributed by atoms with E-state index >= 15 is 0 Å². The lowest BCUT2D eigenvalue weighted by molar-refractivity contribution is -0.133. The maximum Gasteiger partial charge on any atom is 0.387 e. The van der Waals surface area contributed by atoms with E-state index < -0.39 is 25.1 Å². The van der Waals surface area contributed by atoms with E-state index in [4.69, 9.17) is 9.15 Å². The van der Waals surface area contributed by atoms with Gasteiger partial charge in [-0.3, -0.25) is 4.79 Å². The summed E-state index contributed by atoms with van der Waals surface area (Å²) in [5, 5.41) is 0. The molecule has 0 N–H and O–H groups in total. The van der Waals surface area contributed by atoms with Crippen molar-refractivity contribution in [1.82, 2.24) is 4.90 Å². The van der Waals surface area contributed by atoms with E-state index in [1.807, 2.05) is 0 Å². The molecule has 0 unspecified atom stereocenters. The number of aryl methyl sites for hydroxylation is 1. The number of ether oxygens (including phenoxy) is 2. The third-order valence-corrected chi connectivity index (χ3v) is 3.37. The van der Waals surface area contributed by atoms with Gasteiger partial charge >= 0.3 is 12.6 Å². The Labute approximate surface area is 142 Å². The fraction of sp³-hybridized carbons (Fsp3) is 0.294. The minimum atomic E-state index is -2.89. The van der Waals surface area contributed by atoms with Gasteiger partial charge < -0.3 is 18.8 Å². The van der Waals surface area contributed by atoms with E-state index in [-0.39, 0.29) is 18.1 Å². The predicted octanol–water partition coefficient (Wildman–Crippen LogP) is 3.00. The van der Waals surface area contributed by atoms with Crippen LogP contribution in [-0.4, -0.2) is 37.0 Å². The molecule has 8 heteroatoms. The molecule has 0 aliphatic rings. The van der Waals surface area contributed by atoms with E-state index in [2.05, 4.69) is 4.74 Å². The van der Waals surface area contributed by atoms with Crippen molar-refractivity contribution in [3.8, 4) is 5.75 Å². The lowest BCUT2D eigenvalue weighted by Gasteiger charge is -2.17. The van der Waals surface area contributed by atoms with Gasteiger partial charge in [-0.25, -0.2) is 4.79 Å². The average Bonchev–Trinajstić information content (AvgIpc) is 2.99. The summed E-state index contributed by atoms with van der Waals surface area (Å²) in [6, 6.07) is 7.53. The number of carbonyl (C=O) groups excluding carboxylic acids is 2. The molecule has 0 fully saturated rings. The number of rotatable bonds is 7. The highest BCUT2D eigenvalue weighted by Crippen LogP contribution is 2.16. The van der Waals surface area contributed by atoms with E-state index in [0.29, 0.717) is 11.1 Å². The number of hydrogen-bond acceptors (Lipinski definition) is 5. The molecule has 2 aromatic rings. The third kappa shape index (κ3) is 5.30. The highest BCUT2D eigenvalue weighted by Gasteiger charge is 2.17. The lowest BCUT2D eigenvalue weighted by atomic mass is 10.2. The molecule has 6 nitrogen and oxygen atoms in total. The number of hydrogen-bond donors (Lipinski definition) is 0. The van der Waals surface area contributed by atoms with Crippen molar-refractivity contribution < 1.29 is 32.3 Å². The van der Waals surface area contributed by atoms with Gasteiger partial charge in [0.2, 0.25) is 5.76 Å². The second-order valence-electron chi connectivity index (χ2n) is 5.28. The molecule has 0 radical (unpaired) electrons. The summed E-state index contributed by atoms with van der Waals surface area (Å²) in [4.78, 5) is 25.1. The monoisotopic (exact) mass is 353 g/mol. The number of alkyl halides is 2. The smallest absolute Gasteiger partial charge is 0.387 e. The molecule has 1 aromatic carbocycles. The van der Waals surface area contributed by atoms with Gasteiger partial charge in [-0.2, -0.15) is 8.78 Å². The Morgan fingerprint density at radius 2 is 1.88 bits per heavy atom. The van der Waals surface area contributed by atoms with Crippen LogP contribution >= 0.6 is 0 Å². The Kier molecular flexibility index (Phi) is 6.10. The number of likely N-dealkylation sites (N-methyl/N-ethyl adjacent to an activating group) is 1. The van der Waals surface area contributed by atoms with Gasteiger partial charge in [-0.1, -0.05) is 12.1 Å². The quantitative estimate of drug-likeness (QED) is 0.716. The summed E-state index contributed by atoms with van der Waals surface area (Å²) in [6.45, 7) is -1.40. The minimum absolute atomic E-state index is 0.0375. The normalized spacial score (nSPS) is 10.6. The fourth-order valence-corrected chi connectivity index (χ4v) is 2.02. The molecule has 1 aromatic heterocycles. The van der Waals surface area contributed by atoms with E-state index in [1.165, 1.54) is 30.3 Å². The number of carbonyl (C=O) groups is 2. The second-order valence-corrected chi connectivity index (χ2v) is 5.28. The van der Waals surface area contributed by atoms with Crippen LogP contribution in [0.1, 0.15) is 21.7 Å². The van der Waals surface area contributed by atoms with Crippen LogP contribution in [-0.2, 0) is 16.1 Å². The summed E-state index contributed by atoms with van der Waals surface area (Å²) in [7, 11) is 1.54. The van der Waals surface area contributed by atoms with Gasteiger partial charge in [-0.05, 0) is 30.7 Å². The van der Waals surface area contributed by atoms with Crippen molar-refractivity contribution in [3.63, 3.8) is 0 Å². The summed E-state index contributed by atoms with van der Waals surface area (Å²) < 4.78 is 38.3. The first-order valence-electron chi connectivity index (χ1n) is 7.35. The number of halogens is 2. The van der Waals surface area contributed by atoms with Crippen LogP contribution in [0.15, 0.2) is 41.0 Å². The van der Waals surface area contributed by atoms with Crippen molar-refractivity contribution in [2.75, 3.05) is 13.7 Å². The van der Waals surface area contributed by atoms with Crippen LogP contribution in [0.5, 0.6) is 5.75 Å². The molecule has 0 aliphatic heterocycles. The van der Waals surface area contributed by atoms with Crippen LogP contribution in [0.25, 0.3) is 0 Å². The van der Waals surface area contributed by atoms with E-state index in [1.54, 1.807) is 25.1 Å². The van der Waals surface area contributed by atoms with Crippen LogP contribution in [0.4, 0.5) is 8.78 Å². The Morgan fingerprint density at radius 3 is 2.44 bits per heavy atom. The van der Waals surface area contributed by atoms with Gasteiger partial charge in [0.05, 0.1) is 6.26 Å². The van der Waals surface area contributed by atoms with Crippen LogP contribution in [0.3, 0.4) is 0 Å². The number of furan rings is 1. The minimum Gasteiger partial charge on any atom is -0.457 e. The standard InChI is InChI=1S/C17H17F2NO5/c1-11-7-8-23-15(11)16(22)24-10-14(21)20(2)9-12-3-5-13(6-4-12)25-17(18)19/h3-8,17H,9-10H2,1-2H3. The first kappa shape index (κ1) is 18.4. The molecule has 1 amide bonds. The summed E-state index contributed by atoms with van der Waals surface area (Å²) in [5.41, 5.74) is 1.34. The largest absolute Gasteiger partial charge is 0.457 e. The van der Waals surface area contributed by atoms with Crippen LogP contribution in [0.2, 0.25) is 0 Å². The van der Waals surface area contributed by atoms with Crippen LogP contribution in [0, 0.1) is 6.92 Å². The first-order chi connectivity index (χ1) is 11.9. The van der Waals surface area contributed by atoms with Crippen molar-refractivity contribution in [1.29, 1.82) is 0 Å². The van der Waals surface area contributed by atoms with Gasteiger partial charge in [0.15, 0.2) is 6.61 Å². The number of nitrogens with zero attached hydrogens (tertiary/aromatic N) is 1. The summed E-state index contributed by atoms with van der Waals surface area (Å²) in [5.74, 6) is -1.02. The Balaban J connectivity index is 1.83.